The third kappa shape index (κ3) is 4.51. The summed E-state index contributed by atoms with van der Waals surface area (Å²) in [6.07, 6.45) is 5.37. The lowest BCUT2D eigenvalue weighted by molar-refractivity contribution is 0.0695. The molecular formula is C23H21Br2N3O4S. The Kier molecular flexibility index (Phi) is 6.78. The first-order valence-corrected chi connectivity index (χ1v) is 12.7. The molecule has 1 aliphatic carbocycles. The van der Waals surface area contributed by atoms with Gasteiger partial charge in [0.1, 0.15) is 10.8 Å². The Hall–Kier alpha value is -2.43. The van der Waals surface area contributed by atoms with Gasteiger partial charge in [0.15, 0.2) is 0 Å². The fraction of sp³-hybridized carbons (Fsp3) is 0.261. The summed E-state index contributed by atoms with van der Waals surface area (Å²) < 4.78 is 2.74. The maximum absolute atomic E-state index is 12.4. The number of aromatic hydroxyl groups is 1. The van der Waals surface area contributed by atoms with E-state index in [9.17, 15) is 19.8 Å². The number of carboxylic acids is 1. The van der Waals surface area contributed by atoms with Crippen molar-refractivity contribution in [1.29, 1.82) is 0 Å². The standard InChI is InChI=1S/C23H21Br2N3O4S/c1-11-7-14(10-26-27-21(30)13-8-16(24)20(29)17(25)9-13)12(2)28(11)22-19(23(31)32)15-5-3-4-6-18(15)33-22/h7-10,29H,3-6H2,1-2H3,(H,27,30)(H,31,32)/b26-10-. The molecule has 0 radical (unpaired) electrons. The minimum Gasteiger partial charge on any atom is -0.506 e. The fourth-order valence-electron chi connectivity index (χ4n) is 4.08. The number of thiophene rings is 1. The number of carbonyl (C=O) groups excluding carboxylic acids is 1. The highest BCUT2D eigenvalue weighted by Crippen LogP contribution is 2.38. The van der Waals surface area contributed by atoms with Crippen LogP contribution >= 0.6 is 43.2 Å². The Morgan fingerprint density at radius 3 is 2.48 bits per heavy atom. The maximum atomic E-state index is 12.4. The Bertz CT molecular complexity index is 1290. The lowest BCUT2D eigenvalue weighted by Crippen LogP contribution is -2.17. The number of carboxylic acid groups (broad SMARTS) is 1. The van der Waals surface area contributed by atoms with Crippen LogP contribution in [-0.4, -0.2) is 32.9 Å². The molecule has 10 heteroatoms. The molecule has 33 heavy (non-hydrogen) atoms. The average molecular weight is 595 g/mol. The molecule has 0 saturated heterocycles. The molecule has 0 bridgehead atoms. The van der Waals surface area contributed by atoms with E-state index in [0.717, 1.165) is 58.1 Å². The molecule has 172 valence electrons. The minimum absolute atomic E-state index is 0.0125. The molecule has 1 amide bonds. The van der Waals surface area contributed by atoms with Crippen LogP contribution in [0.4, 0.5) is 0 Å². The second kappa shape index (κ2) is 9.44. The Morgan fingerprint density at radius 1 is 1.15 bits per heavy atom. The van der Waals surface area contributed by atoms with Crippen molar-refractivity contribution in [2.24, 2.45) is 5.10 Å². The van der Waals surface area contributed by atoms with Gasteiger partial charge in [-0.3, -0.25) is 4.79 Å². The predicted molar refractivity (Wildman–Crippen MR) is 135 cm³/mol. The SMILES string of the molecule is Cc1cc(/C=N\NC(=O)c2cc(Br)c(O)c(Br)c2)c(C)n1-c1sc2c(c1C(=O)O)CCCC2. The molecule has 3 aromatic rings. The molecule has 0 saturated carbocycles. The monoisotopic (exact) mass is 593 g/mol. The number of hydrazone groups is 1. The Balaban J connectivity index is 1.62. The lowest BCUT2D eigenvalue weighted by Gasteiger charge is -2.11. The summed E-state index contributed by atoms with van der Waals surface area (Å²) in [7, 11) is 0. The van der Waals surface area contributed by atoms with Crippen LogP contribution in [0.2, 0.25) is 0 Å². The number of aromatic carboxylic acids is 1. The van der Waals surface area contributed by atoms with Gasteiger partial charge in [0.25, 0.3) is 5.91 Å². The van der Waals surface area contributed by atoms with Gasteiger partial charge >= 0.3 is 5.97 Å². The zero-order valence-corrected chi connectivity index (χ0v) is 21.9. The lowest BCUT2D eigenvalue weighted by atomic mass is 9.95. The number of hydrogen-bond acceptors (Lipinski definition) is 5. The molecular weight excluding hydrogens is 574 g/mol. The quantitative estimate of drug-likeness (QED) is 0.259. The number of nitrogens with zero attached hydrogens (tertiary/aromatic N) is 2. The van der Waals surface area contributed by atoms with Gasteiger partial charge in [-0.25, -0.2) is 10.2 Å². The average Bonchev–Trinajstić information content (AvgIpc) is 3.28. The number of aryl methyl sites for hydroxylation is 2. The zero-order valence-electron chi connectivity index (χ0n) is 17.9. The third-order valence-electron chi connectivity index (χ3n) is 5.69. The van der Waals surface area contributed by atoms with Crippen molar-refractivity contribution in [2.45, 2.75) is 39.5 Å². The van der Waals surface area contributed by atoms with Gasteiger partial charge in [0.2, 0.25) is 0 Å². The number of benzene rings is 1. The summed E-state index contributed by atoms with van der Waals surface area (Å²) >= 11 is 7.97. The largest absolute Gasteiger partial charge is 0.506 e. The van der Waals surface area contributed by atoms with Crippen molar-refractivity contribution in [3.05, 3.63) is 65.7 Å². The molecule has 0 atom stereocenters. The molecule has 0 spiro atoms. The smallest absolute Gasteiger partial charge is 0.339 e. The van der Waals surface area contributed by atoms with Crippen molar-refractivity contribution in [3.63, 3.8) is 0 Å². The molecule has 2 heterocycles. The van der Waals surface area contributed by atoms with Crippen LogP contribution in [0.25, 0.3) is 5.00 Å². The minimum atomic E-state index is -0.898. The molecule has 1 aromatic carbocycles. The Labute approximate surface area is 211 Å². The third-order valence-corrected chi connectivity index (χ3v) is 8.17. The van der Waals surface area contributed by atoms with E-state index in [1.807, 2.05) is 24.5 Å². The van der Waals surface area contributed by atoms with E-state index in [4.69, 9.17) is 0 Å². The van der Waals surface area contributed by atoms with E-state index in [-0.39, 0.29) is 5.75 Å². The normalized spacial score (nSPS) is 13.3. The van der Waals surface area contributed by atoms with Gasteiger partial charge in [-0.05, 0) is 95.2 Å². The summed E-state index contributed by atoms with van der Waals surface area (Å²) in [5.41, 5.74) is 6.71. The maximum Gasteiger partial charge on any atom is 0.339 e. The van der Waals surface area contributed by atoms with Crippen molar-refractivity contribution in [2.75, 3.05) is 0 Å². The number of aromatic nitrogens is 1. The van der Waals surface area contributed by atoms with E-state index >= 15 is 0 Å². The van der Waals surface area contributed by atoms with Crippen molar-refractivity contribution >= 4 is 61.3 Å². The molecule has 4 rings (SSSR count). The van der Waals surface area contributed by atoms with Gasteiger partial charge in [-0.1, -0.05) is 0 Å². The van der Waals surface area contributed by atoms with Crippen LogP contribution in [-0.2, 0) is 12.8 Å². The van der Waals surface area contributed by atoms with Gasteiger partial charge in [0, 0.05) is 27.4 Å². The number of fused-ring (bicyclic) bond motifs is 1. The van der Waals surface area contributed by atoms with Crippen molar-refractivity contribution < 1.29 is 19.8 Å². The second-order valence-corrected chi connectivity index (χ2v) is 10.6. The molecule has 0 fully saturated rings. The van der Waals surface area contributed by atoms with E-state index in [1.165, 1.54) is 12.1 Å². The summed E-state index contributed by atoms with van der Waals surface area (Å²) in [5, 5.41) is 24.5. The van der Waals surface area contributed by atoms with Crippen molar-refractivity contribution in [3.8, 4) is 10.8 Å². The van der Waals surface area contributed by atoms with Gasteiger partial charge in [-0.15, -0.1) is 11.3 Å². The van der Waals surface area contributed by atoms with Gasteiger partial charge in [0.05, 0.1) is 20.7 Å². The highest BCUT2D eigenvalue weighted by Gasteiger charge is 2.27. The number of amides is 1. The first-order chi connectivity index (χ1) is 15.7. The van der Waals surface area contributed by atoms with E-state index in [2.05, 4.69) is 42.4 Å². The Morgan fingerprint density at radius 2 is 1.82 bits per heavy atom. The van der Waals surface area contributed by atoms with Crippen LogP contribution in [0.5, 0.6) is 5.75 Å². The van der Waals surface area contributed by atoms with E-state index < -0.39 is 11.9 Å². The highest BCUT2D eigenvalue weighted by atomic mass is 79.9. The van der Waals surface area contributed by atoms with Crippen LogP contribution in [0.3, 0.4) is 0 Å². The zero-order chi connectivity index (χ0) is 23.9. The summed E-state index contributed by atoms with van der Waals surface area (Å²) in [6.45, 7) is 3.84. The van der Waals surface area contributed by atoms with Crippen LogP contribution in [0, 0.1) is 13.8 Å². The number of hydrogen-bond donors (Lipinski definition) is 3. The molecule has 0 unspecified atom stereocenters. The number of phenolic OH excluding ortho intramolecular Hbond substituents is 1. The van der Waals surface area contributed by atoms with Crippen LogP contribution in [0.1, 0.15) is 60.9 Å². The second-order valence-electron chi connectivity index (χ2n) is 7.85. The molecule has 7 nitrogen and oxygen atoms in total. The summed E-state index contributed by atoms with van der Waals surface area (Å²) in [5.74, 6) is -1.32. The van der Waals surface area contributed by atoms with E-state index in [1.54, 1.807) is 17.6 Å². The van der Waals surface area contributed by atoms with Gasteiger partial charge < -0.3 is 14.8 Å². The van der Waals surface area contributed by atoms with Crippen LogP contribution in [0.15, 0.2) is 32.2 Å². The number of phenols is 1. The van der Waals surface area contributed by atoms with Crippen molar-refractivity contribution in [1.82, 2.24) is 9.99 Å². The number of carbonyl (C=O) groups is 2. The van der Waals surface area contributed by atoms with Gasteiger partial charge in [-0.2, -0.15) is 5.10 Å². The fourth-order valence-corrected chi connectivity index (χ4v) is 6.76. The highest BCUT2D eigenvalue weighted by molar-refractivity contribution is 9.11. The first kappa shape index (κ1) is 23.7. The molecule has 1 aliphatic rings. The first-order valence-electron chi connectivity index (χ1n) is 10.3. The molecule has 0 aliphatic heterocycles. The number of rotatable bonds is 5. The summed E-state index contributed by atoms with van der Waals surface area (Å²) in [4.78, 5) is 25.7. The number of nitrogens with one attached hydrogen (secondary N) is 1. The topological polar surface area (TPSA) is 104 Å². The molecule has 2 aromatic heterocycles. The van der Waals surface area contributed by atoms with Crippen LogP contribution < -0.4 is 5.43 Å². The molecule has 3 N–H and O–H groups in total. The van der Waals surface area contributed by atoms with E-state index in [0.29, 0.717) is 20.1 Å². The number of halogens is 2. The summed E-state index contributed by atoms with van der Waals surface area (Å²) in [6, 6.07) is 4.93. The predicted octanol–water partition coefficient (Wildman–Crippen LogP) is 5.73.